The minimum absolute atomic E-state index is 0.194. The quantitative estimate of drug-likeness (QED) is 0.669. The minimum Gasteiger partial charge on any atom is -0.391 e. The monoisotopic (exact) mass is 202 g/mol. The van der Waals surface area contributed by atoms with Crippen LogP contribution in [0.25, 0.3) is 0 Å². The molecule has 0 unspecified atom stereocenters. The average molecular weight is 202 g/mol. The third-order valence-electron chi connectivity index (χ3n) is 2.46. The number of carbonyl (C=O) groups is 1. The average Bonchev–Trinajstić information content (AvgIpc) is 2.14. The number of hydrogen-bond acceptors (Lipinski definition) is 3. The molecule has 3 N–H and O–H groups in total. The first-order valence-corrected chi connectivity index (χ1v) is 5.08. The van der Waals surface area contributed by atoms with Crippen LogP contribution in [0.3, 0.4) is 0 Å². The van der Waals surface area contributed by atoms with E-state index in [0.717, 1.165) is 6.42 Å². The molecule has 0 aliphatic rings. The predicted molar refractivity (Wildman–Crippen MR) is 56.7 cm³/mol. The Hall–Kier alpha value is -0.610. The van der Waals surface area contributed by atoms with Crippen LogP contribution in [0.4, 0.5) is 0 Å². The van der Waals surface area contributed by atoms with Gasteiger partial charge >= 0.3 is 0 Å². The van der Waals surface area contributed by atoms with Crippen LogP contribution in [0.1, 0.15) is 27.2 Å². The maximum atomic E-state index is 11.6. The number of nitrogens with two attached hydrogens (primary N) is 1. The van der Waals surface area contributed by atoms with Crippen molar-refractivity contribution in [2.24, 2.45) is 11.7 Å². The summed E-state index contributed by atoms with van der Waals surface area (Å²) in [6, 6.07) is -0.802. The van der Waals surface area contributed by atoms with Crippen molar-refractivity contribution in [1.82, 2.24) is 4.90 Å². The van der Waals surface area contributed by atoms with E-state index >= 15 is 0 Å². The molecule has 3 atom stereocenters. The van der Waals surface area contributed by atoms with Crippen molar-refractivity contribution in [1.29, 1.82) is 0 Å². The second-order valence-corrected chi connectivity index (χ2v) is 4.00. The molecule has 0 saturated carbocycles. The van der Waals surface area contributed by atoms with E-state index in [0.29, 0.717) is 12.5 Å². The number of likely N-dealkylation sites (N-methyl/N-ethyl adjacent to an activating group) is 1. The second-order valence-electron chi connectivity index (χ2n) is 4.00. The Morgan fingerprint density at radius 3 is 2.36 bits per heavy atom. The van der Waals surface area contributed by atoms with Crippen molar-refractivity contribution in [3.8, 4) is 0 Å². The third kappa shape index (κ3) is 4.07. The van der Waals surface area contributed by atoms with Gasteiger partial charge < -0.3 is 15.7 Å². The molecular formula is C10H22N2O2. The first kappa shape index (κ1) is 13.4. The molecule has 0 aromatic carbocycles. The van der Waals surface area contributed by atoms with Gasteiger partial charge in [0.1, 0.15) is 6.04 Å². The summed E-state index contributed by atoms with van der Waals surface area (Å²) in [7, 11) is 1.72. The minimum atomic E-state index is -0.802. The van der Waals surface area contributed by atoms with E-state index in [4.69, 9.17) is 10.8 Å². The summed E-state index contributed by atoms with van der Waals surface area (Å²) < 4.78 is 0. The second kappa shape index (κ2) is 5.98. The lowest BCUT2D eigenvalue weighted by atomic mass is 10.1. The molecule has 0 spiro atoms. The molecule has 0 aromatic heterocycles. The van der Waals surface area contributed by atoms with Gasteiger partial charge in [-0.25, -0.2) is 0 Å². The Labute approximate surface area is 86.1 Å². The van der Waals surface area contributed by atoms with Gasteiger partial charge in [-0.3, -0.25) is 4.79 Å². The molecule has 1 amide bonds. The standard InChI is InChI=1S/C10H22N2O2/c1-5-7(2)6-12(4)10(14)9(11)8(3)13/h7-9,13H,5-6,11H2,1-4H3/t7-,8-,9+/m1/s1. The SMILES string of the molecule is CC[C@@H](C)CN(C)C(=O)[C@@H](N)[C@@H](C)O. The molecule has 0 saturated heterocycles. The lowest BCUT2D eigenvalue weighted by Crippen LogP contribution is -2.48. The molecule has 84 valence electrons. The van der Waals surface area contributed by atoms with E-state index < -0.39 is 12.1 Å². The third-order valence-corrected chi connectivity index (χ3v) is 2.46. The van der Waals surface area contributed by atoms with Gasteiger partial charge in [0.05, 0.1) is 6.10 Å². The number of rotatable bonds is 5. The van der Waals surface area contributed by atoms with Gasteiger partial charge in [0.15, 0.2) is 0 Å². The fraction of sp³-hybridized carbons (Fsp3) is 0.900. The zero-order valence-corrected chi connectivity index (χ0v) is 9.53. The van der Waals surface area contributed by atoms with Crippen molar-refractivity contribution < 1.29 is 9.90 Å². The summed E-state index contributed by atoms with van der Waals surface area (Å²) in [5, 5.41) is 9.16. The van der Waals surface area contributed by atoms with E-state index in [9.17, 15) is 4.79 Å². The van der Waals surface area contributed by atoms with E-state index in [1.54, 1.807) is 11.9 Å². The molecule has 0 aliphatic carbocycles. The molecule has 0 aliphatic heterocycles. The van der Waals surface area contributed by atoms with E-state index in [2.05, 4.69) is 13.8 Å². The first-order valence-electron chi connectivity index (χ1n) is 5.08. The Kier molecular flexibility index (Phi) is 5.72. The summed E-state index contributed by atoms with van der Waals surface area (Å²) in [5.41, 5.74) is 5.54. The zero-order valence-electron chi connectivity index (χ0n) is 9.53. The molecule has 0 aromatic rings. The molecule has 4 nitrogen and oxygen atoms in total. The molecule has 4 heteroatoms. The lowest BCUT2D eigenvalue weighted by molar-refractivity contribution is -0.134. The topological polar surface area (TPSA) is 66.6 Å². The lowest BCUT2D eigenvalue weighted by Gasteiger charge is -2.25. The Bertz CT molecular complexity index is 183. The molecule has 14 heavy (non-hydrogen) atoms. The van der Waals surface area contributed by atoms with Crippen LogP contribution in [0.5, 0.6) is 0 Å². The van der Waals surface area contributed by atoms with Crippen LogP contribution < -0.4 is 5.73 Å². The Morgan fingerprint density at radius 1 is 1.50 bits per heavy atom. The van der Waals surface area contributed by atoms with Crippen LogP contribution in [0, 0.1) is 5.92 Å². The van der Waals surface area contributed by atoms with Crippen LogP contribution in [-0.2, 0) is 4.79 Å². The van der Waals surface area contributed by atoms with Gasteiger partial charge in [0.25, 0.3) is 0 Å². The van der Waals surface area contributed by atoms with E-state index in [1.807, 2.05) is 0 Å². The summed E-state index contributed by atoms with van der Waals surface area (Å²) in [6.07, 6.45) is 0.239. The van der Waals surface area contributed by atoms with Gasteiger partial charge in [-0.05, 0) is 12.8 Å². The largest absolute Gasteiger partial charge is 0.391 e. The number of nitrogens with zero attached hydrogens (tertiary/aromatic N) is 1. The van der Waals surface area contributed by atoms with Crippen LogP contribution >= 0.6 is 0 Å². The summed E-state index contributed by atoms with van der Waals surface area (Å²) >= 11 is 0. The first-order chi connectivity index (χ1) is 6.40. The molecule has 0 fully saturated rings. The van der Waals surface area contributed by atoms with Gasteiger partial charge in [-0.2, -0.15) is 0 Å². The van der Waals surface area contributed by atoms with Crippen molar-refractivity contribution >= 4 is 5.91 Å². The van der Waals surface area contributed by atoms with Gasteiger partial charge in [-0.15, -0.1) is 0 Å². The van der Waals surface area contributed by atoms with Crippen molar-refractivity contribution in [3.63, 3.8) is 0 Å². The highest BCUT2D eigenvalue weighted by molar-refractivity contribution is 5.81. The highest BCUT2D eigenvalue weighted by Gasteiger charge is 2.22. The highest BCUT2D eigenvalue weighted by atomic mass is 16.3. The zero-order chi connectivity index (χ0) is 11.3. The number of hydrogen-bond donors (Lipinski definition) is 2. The van der Waals surface area contributed by atoms with Gasteiger partial charge in [-0.1, -0.05) is 20.3 Å². The molecule has 0 radical (unpaired) electrons. The van der Waals surface area contributed by atoms with Crippen molar-refractivity contribution in [2.45, 2.75) is 39.3 Å². The summed E-state index contributed by atoms with van der Waals surface area (Å²) in [5.74, 6) is 0.269. The highest BCUT2D eigenvalue weighted by Crippen LogP contribution is 2.04. The number of aliphatic hydroxyl groups is 1. The van der Waals surface area contributed by atoms with Gasteiger partial charge in [0.2, 0.25) is 5.91 Å². The molecule has 0 rings (SSSR count). The maximum absolute atomic E-state index is 11.6. The predicted octanol–water partition coefficient (Wildman–Crippen LogP) is 0.199. The van der Waals surface area contributed by atoms with Crippen LogP contribution in [0.15, 0.2) is 0 Å². The molecule has 0 heterocycles. The van der Waals surface area contributed by atoms with Gasteiger partial charge in [0, 0.05) is 13.6 Å². The van der Waals surface area contributed by atoms with Crippen LogP contribution in [-0.4, -0.2) is 41.7 Å². The molecule has 0 bridgehead atoms. The Balaban J connectivity index is 4.11. The number of carbonyl (C=O) groups excluding carboxylic acids is 1. The fourth-order valence-corrected chi connectivity index (χ4v) is 1.15. The number of aliphatic hydroxyl groups excluding tert-OH is 1. The number of amides is 1. The smallest absolute Gasteiger partial charge is 0.241 e. The summed E-state index contributed by atoms with van der Waals surface area (Å²) in [4.78, 5) is 13.2. The fourth-order valence-electron chi connectivity index (χ4n) is 1.15. The Morgan fingerprint density at radius 2 is 2.00 bits per heavy atom. The maximum Gasteiger partial charge on any atom is 0.241 e. The normalized spacial score (nSPS) is 17.3. The van der Waals surface area contributed by atoms with E-state index in [1.165, 1.54) is 6.92 Å². The van der Waals surface area contributed by atoms with Crippen molar-refractivity contribution in [3.05, 3.63) is 0 Å². The molecular weight excluding hydrogens is 180 g/mol. The van der Waals surface area contributed by atoms with E-state index in [-0.39, 0.29) is 5.91 Å². The summed E-state index contributed by atoms with van der Waals surface area (Å²) in [6.45, 7) is 6.38. The van der Waals surface area contributed by atoms with Crippen LogP contribution in [0.2, 0.25) is 0 Å². The van der Waals surface area contributed by atoms with Crippen molar-refractivity contribution in [2.75, 3.05) is 13.6 Å².